The number of carbonyl (C=O) groups is 1. The molecule has 0 atom stereocenters. The van der Waals surface area contributed by atoms with Crippen molar-refractivity contribution in [2.45, 2.75) is 6.61 Å². The molecule has 3 nitrogen and oxygen atoms in total. The smallest absolute Gasteiger partial charge is 0.387 e. The average Bonchev–Trinajstić information content (AvgIpc) is 2.17. The van der Waals surface area contributed by atoms with E-state index in [1.54, 1.807) is 0 Å². The Balaban J connectivity index is 3.03. The molecule has 6 heteroatoms. The lowest BCUT2D eigenvalue weighted by Crippen LogP contribution is -2.03. The van der Waals surface area contributed by atoms with Gasteiger partial charge in [-0.1, -0.05) is 15.9 Å². The van der Waals surface area contributed by atoms with E-state index in [1.165, 1.54) is 24.3 Å². The first-order valence-corrected chi connectivity index (χ1v) is 4.93. The minimum Gasteiger partial charge on any atom is -0.478 e. The van der Waals surface area contributed by atoms with Crippen LogP contribution in [-0.4, -0.2) is 17.7 Å². The molecule has 0 aliphatic carbocycles. The van der Waals surface area contributed by atoms with E-state index >= 15 is 0 Å². The van der Waals surface area contributed by atoms with Crippen LogP contribution >= 0.6 is 15.9 Å². The summed E-state index contributed by atoms with van der Waals surface area (Å²) < 4.78 is 28.9. The second-order valence-corrected chi connectivity index (χ2v) is 3.65. The topological polar surface area (TPSA) is 46.5 Å². The van der Waals surface area contributed by atoms with E-state index in [9.17, 15) is 13.6 Å². The van der Waals surface area contributed by atoms with Crippen LogP contribution in [0.2, 0.25) is 0 Å². The number of rotatable bonds is 4. The maximum absolute atomic E-state index is 12.0. The van der Waals surface area contributed by atoms with Gasteiger partial charge in [-0.3, -0.25) is 0 Å². The molecular weight excluding hydrogens is 286 g/mol. The molecule has 0 aromatic heterocycles. The van der Waals surface area contributed by atoms with Gasteiger partial charge in [0.25, 0.3) is 0 Å². The van der Waals surface area contributed by atoms with Crippen molar-refractivity contribution < 1.29 is 23.4 Å². The Bertz CT molecular complexity index is 419. The van der Waals surface area contributed by atoms with Crippen LogP contribution in [0.4, 0.5) is 8.78 Å². The largest absolute Gasteiger partial charge is 0.478 e. The van der Waals surface area contributed by atoms with Gasteiger partial charge in [-0.2, -0.15) is 8.78 Å². The van der Waals surface area contributed by atoms with Gasteiger partial charge in [0, 0.05) is 16.1 Å². The van der Waals surface area contributed by atoms with Crippen molar-refractivity contribution in [1.29, 1.82) is 0 Å². The monoisotopic (exact) mass is 292 g/mol. The molecular formula is C10H7BrF2O3. The number of aliphatic carboxylic acids is 1. The lowest BCUT2D eigenvalue weighted by atomic mass is 10.2. The maximum Gasteiger partial charge on any atom is 0.387 e. The average molecular weight is 293 g/mol. The van der Waals surface area contributed by atoms with E-state index in [0.717, 1.165) is 6.08 Å². The first-order chi connectivity index (χ1) is 7.49. The van der Waals surface area contributed by atoms with Gasteiger partial charge >= 0.3 is 12.6 Å². The van der Waals surface area contributed by atoms with Gasteiger partial charge in [-0.25, -0.2) is 4.79 Å². The number of benzene rings is 1. The molecule has 1 aromatic rings. The van der Waals surface area contributed by atoms with Gasteiger partial charge in [0.2, 0.25) is 0 Å². The number of carboxylic acids is 1. The molecule has 0 aliphatic rings. The Labute approximate surface area is 98.5 Å². The second kappa shape index (κ2) is 5.60. The fourth-order valence-corrected chi connectivity index (χ4v) is 1.39. The maximum atomic E-state index is 12.0. The molecule has 0 bridgehead atoms. The van der Waals surface area contributed by atoms with Crippen molar-refractivity contribution in [3.63, 3.8) is 0 Å². The minimum absolute atomic E-state index is 0.0734. The Hall–Kier alpha value is -1.43. The SMILES string of the molecule is O=C(O)C=Cc1cc(Br)ccc1OC(F)F. The molecule has 1 rings (SSSR count). The van der Waals surface area contributed by atoms with Gasteiger partial charge in [0.1, 0.15) is 5.75 Å². The van der Waals surface area contributed by atoms with Crippen molar-refractivity contribution in [3.05, 3.63) is 34.3 Å². The molecule has 0 fully saturated rings. The number of halogens is 3. The van der Waals surface area contributed by atoms with Crippen molar-refractivity contribution in [1.82, 2.24) is 0 Å². The van der Waals surface area contributed by atoms with Crippen LogP contribution in [0.5, 0.6) is 5.75 Å². The molecule has 0 saturated carbocycles. The number of hydrogen-bond donors (Lipinski definition) is 1. The predicted octanol–water partition coefficient (Wildman–Crippen LogP) is 3.15. The zero-order valence-electron chi connectivity index (χ0n) is 7.86. The first kappa shape index (κ1) is 12.6. The van der Waals surface area contributed by atoms with Crippen LogP contribution in [0.15, 0.2) is 28.7 Å². The van der Waals surface area contributed by atoms with Crippen LogP contribution in [-0.2, 0) is 4.79 Å². The first-order valence-electron chi connectivity index (χ1n) is 4.14. The quantitative estimate of drug-likeness (QED) is 0.867. The number of ether oxygens (including phenoxy) is 1. The molecule has 0 aliphatic heterocycles. The molecule has 1 N–H and O–H groups in total. The van der Waals surface area contributed by atoms with Crippen LogP contribution in [0.1, 0.15) is 5.56 Å². The summed E-state index contributed by atoms with van der Waals surface area (Å²) in [6.07, 6.45) is 2.03. The van der Waals surface area contributed by atoms with Gasteiger partial charge in [0.05, 0.1) is 0 Å². The van der Waals surface area contributed by atoms with Gasteiger partial charge < -0.3 is 9.84 Å². The summed E-state index contributed by atoms with van der Waals surface area (Å²) in [5.74, 6) is -1.24. The summed E-state index contributed by atoms with van der Waals surface area (Å²) in [5.41, 5.74) is 0.261. The highest BCUT2D eigenvalue weighted by Gasteiger charge is 2.08. The van der Waals surface area contributed by atoms with E-state index < -0.39 is 12.6 Å². The van der Waals surface area contributed by atoms with Gasteiger partial charge in [0.15, 0.2) is 0 Å². The predicted molar refractivity (Wildman–Crippen MR) is 57.4 cm³/mol. The Morgan fingerprint density at radius 1 is 1.50 bits per heavy atom. The highest BCUT2D eigenvalue weighted by molar-refractivity contribution is 9.10. The molecule has 16 heavy (non-hydrogen) atoms. The van der Waals surface area contributed by atoms with E-state index in [-0.39, 0.29) is 11.3 Å². The molecule has 0 heterocycles. The van der Waals surface area contributed by atoms with Crippen LogP contribution in [0.25, 0.3) is 6.08 Å². The third-order valence-electron chi connectivity index (χ3n) is 1.59. The molecule has 0 amide bonds. The Morgan fingerprint density at radius 3 is 2.75 bits per heavy atom. The van der Waals surface area contributed by atoms with Crippen molar-refractivity contribution >= 4 is 28.0 Å². The third-order valence-corrected chi connectivity index (χ3v) is 2.09. The standard InChI is InChI=1S/C10H7BrF2O3/c11-7-2-3-8(16-10(12)13)6(5-7)1-4-9(14)15/h1-5,10H,(H,14,15). The van der Waals surface area contributed by atoms with Gasteiger partial charge in [-0.15, -0.1) is 0 Å². The summed E-state index contributed by atoms with van der Waals surface area (Å²) in [4.78, 5) is 10.3. The van der Waals surface area contributed by atoms with Crippen molar-refractivity contribution in [2.24, 2.45) is 0 Å². The highest BCUT2D eigenvalue weighted by Crippen LogP contribution is 2.25. The van der Waals surface area contributed by atoms with Crippen LogP contribution < -0.4 is 4.74 Å². The number of alkyl halides is 2. The normalized spacial score (nSPS) is 11.0. The molecule has 1 aromatic carbocycles. The highest BCUT2D eigenvalue weighted by atomic mass is 79.9. The lowest BCUT2D eigenvalue weighted by Gasteiger charge is -2.07. The summed E-state index contributed by atoms with van der Waals surface area (Å²) in [5, 5.41) is 8.43. The molecule has 0 spiro atoms. The molecule has 0 saturated heterocycles. The zero-order valence-corrected chi connectivity index (χ0v) is 9.45. The van der Waals surface area contributed by atoms with E-state index in [1.807, 2.05) is 0 Å². The fraction of sp³-hybridized carbons (Fsp3) is 0.100. The molecule has 0 unspecified atom stereocenters. The van der Waals surface area contributed by atoms with E-state index in [0.29, 0.717) is 4.47 Å². The number of hydrogen-bond acceptors (Lipinski definition) is 2. The number of carboxylic acid groups (broad SMARTS) is 1. The Morgan fingerprint density at radius 2 is 2.19 bits per heavy atom. The summed E-state index contributed by atoms with van der Waals surface area (Å²) >= 11 is 3.15. The van der Waals surface area contributed by atoms with E-state index in [2.05, 4.69) is 20.7 Å². The molecule has 86 valence electrons. The van der Waals surface area contributed by atoms with E-state index in [4.69, 9.17) is 5.11 Å². The Kier molecular flexibility index (Phi) is 4.42. The molecule has 0 radical (unpaired) electrons. The summed E-state index contributed by atoms with van der Waals surface area (Å²) in [6, 6.07) is 4.34. The van der Waals surface area contributed by atoms with Crippen molar-refractivity contribution in [2.75, 3.05) is 0 Å². The second-order valence-electron chi connectivity index (χ2n) is 2.73. The summed E-state index contributed by atoms with van der Waals surface area (Å²) in [6.45, 7) is -2.95. The lowest BCUT2D eigenvalue weighted by molar-refractivity contribution is -0.131. The van der Waals surface area contributed by atoms with Crippen LogP contribution in [0, 0.1) is 0 Å². The van der Waals surface area contributed by atoms with Crippen molar-refractivity contribution in [3.8, 4) is 5.75 Å². The summed E-state index contributed by atoms with van der Waals surface area (Å²) in [7, 11) is 0. The zero-order chi connectivity index (χ0) is 12.1. The third kappa shape index (κ3) is 3.98. The van der Waals surface area contributed by atoms with Crippen LogP contribution in [0.3, 0.4) is 0 Å². The fourth-order valence-electron chi connectivity index (χ4n) is 1.01. The van der Waals surface area contributed by atoms with Gasteiger partial charge in [-0.05, 0) is 24.3 Å². The minimum atomic E-state index is -2.95.